The standard InChI is InChI=1S/C21H13N5O4/c22-12-13-2-1-3-15(10-13)21(27)23-16-6-4-14(5-7-16)20-24-18-9-8-17(26(29)30)11-19(18)25(20)28/h1-11,28H,(H,23,27). The van der Waals surface area contributed by atoms with Gasteiger partial charge in [-0.1, -0.05) is 6.07 Å². The minimum Gasteiger partial charge on any atom is -0.426 e. The maximum Gasteiger partial charge on any atom is 0.271 e. The van der Waals surface area contributed by atoms with Crippen LogP contribution in [-0.2, 0) is 0 Å². The summed E-state index contributed by atoms with van der Waals surface area (Å²) in [5, 5.41) is 33.0. The maximum atomic E-state index is 12.4. The molecule has 4 aromatic rings. The van der Waals surface area contributed by atoms with E-state index in [0.29, 0.717) is 27.9 Å². The van der Waals surface area contributed by atoms with E-state index in [2.05, 4.69) is 10.3 Å². The Balaban J connectivity index is 1.59. The van der Waals surface area contributed by atoms with E-state index in [4.69, 9.17) is 5.26 Å². The number of nitro groups is 1. The Kier molecular flexibility index (Phi) is 4.58. The minimum atomic E-state index is -0.546. The average Bonchev–Trinajstić information content (AvgIpc) is 3.10. The summed E-state index contributed by atoms with van der Waals surface area (Å²) in [6, 6.07) is 19.0. The van der Waals surface area contributed by atoms with Crippen molar-refractivity contribution in [2.24, 2.45) is 0 Å². The predicted molar refractivity (Wildman–Crippen MR) is 108 cm³/mol. The fourth-order valence-corrected chi connectivity index (χ4v) is 2.99. The fourth-order valence-electron chi connectivity index (χ4n) is 2.99. The molecule has 0 unspecified atom stereocenters. The second-order valence-electron chi connectivity index (χ2n) is 6.40. The number of nitrogens with zero attached hydrogens (tertiary/aromatic N) is 4. The van der Waals surface area contributed by atoms with E-state index in [-0.39, 0.29) is 22.9 Å². The van der Waals surface area contributed by atoms with Crippen LogP contribution in [0.2, 0.25) is 0 Å². The Bertz CT molecular complexity index is 1340. The Morgan fingerprint density at radius 1 is 1.13 bits per heavy atom. The van der Waals surface area contributed by atoms with Crippen LogP contribution >= 0.6 is 0 Å². The van der Waals surface area contributed by atoms with E-state index in [1.165, 1.54) is 24.3 Å². The molecule has 0 fully saturated rings. The second kappa shape index (κ2) is 7.37. The van der Waals surface area contributed by atoms with Gasteiger partial charge in [-0.25, -0.2) is 4.98 Å². The summed E-state index contributed by atoms with van der Waals surface area (Å²) in [7, 11) is 0. The summed E-state index contributed by atoms with van der Waals surface area (Å²) in [6.07, 6.45) is 0. The van der Waals surface area contributed by atoms with Crippen molar-refractivity contribution in [3.63, 3.8) is 0 Å². The zero-order valence-corrected chi connectivity index (χ0v) is 15.3. The van der Waals surface area contributed by atoms with E-state index in [1.807, 2.05) is 6.07 Å². The number of carbonyl (C=O) groups is 1. The van der Waals surface area contributed by atoms with Gasteiger partial charge in [-0.15, -0.1) is 0 Å². The van der Waals surface area contributed by atoms with Gasteiger partial charge < -0.3 is 10.5 Å². The van der Waals surface area contributed by atoms with Crippen LogP contribution in [0.5, 0.6) is 0 Å². The van der Waals surface area contributed by atoms with E-state index < -0.39 is 4.92 Å². The molecule has 0 aliphatic heterocycles. The molecule has 2 N–H and O–H groups in total. The van der Waals surface area contributed by atoms with Crippen LogP contribution < -0.4 is 5.32 Å². The second-order valence-corrected chi connectivity index (χ2v) is 6.40. The highest BCUT2D eigenvalue weighted by molar-refractivity contribution is 6.04. The summed E-state index contributed by atoms with van der Waals surface area (Å²) < 4.78 is 0.795. The summed E-state index contributed by atoms with van der Waals surface area (Å²) in [5.41, 5.74) is 2.30. The summed E-state index contributed by atoms with van der Waals surface area (Å²) >= 11 is 0. The predicted octanol–water partition coefficient (Wildman–Crippen LogP) is 3.97. The lowest BCUT2D eigenvalue weighted by atomic mass is 10.1. The number of carbonyl (C=O) groups excluding carboxylic acids is 1. The van der Waals surface area contributed by atoms with Gasteiger partial charge >= 0.3 is 0 Å². The number of aromatic nitrogens is 2. The number of amides is 1. The molecule has 9 heteroatoms. The van der Waals surface area contributed by atoms with E-state index in [1.54, 1.807) is 42.5 Å². The quantitative estimate of drug-likeness (QED) is 0.303. The third-order valence-electron chi connectivity index (χ3n) is 4.48. The minimum absolute atomic E-state index is 0.150. The number of hydrogen-bond acceptors (Lipinski definition) is 6. The van der Waals surface area contributed by atoms with Crippen LogP contribution in [0.3, 0.4) is 0 Å². The Hall–Kier alpha value is -4.71. The topological polar surface area (TPSA) is 134 Å². The first-order chi connectivity index (χ1) is 14.5. The van der Waals surface area contributed by atoms with Gasteiger partial charge in [0.05, 0.1) is 22.1 Å². The smallest absolute Gasteiger partial charge is 0.271 e. The molecule has 9 nitrogen and oxygen atoms in total. The molecule has 0 spiro atoms. The number of anilines is 1. The number of rotatable bonds is 4. The maximum absolute atomic E-state index is 12.4. The number of benzene rings is 3. The molecule has 0 saturated carbocycles. The Morgan fingerprint density at radius 2 is 1.90 bits per heavy atom. The van der Waals surface area contributed by atoms with Crippen molar-refractivity contribution in [1.82, 2.24) is 9.71 Å². The highest BCUT2D eigenvalue weighted by atomic mass is 16.6. The van der Waals surface area contributed by atoms with Crippen molar-refractivity contribution in [3.05, 3.63) is 88.0 Å². The molecule has 4 rings (SSSR count). The third kappa shape index (κ3) is 3.41. The molecule has 1 aromatic heterocycles. The third-order valence-corrected chi connectivity index (χ3v) is 4.48. The summed E-state index contributed by atoms with van der Waals surface area (Å²) in [4.78, 5) is 27.1. The molecule has 0 atom stereocenters. The van der Waals surface area contributed by atoms with Crippen LogP contribution in [0, 0.1) is 21.4 Å². The number of hydrogen-bond donors (Lipinski definition) is 2. The van der Waals surface area contributed by atoms with Gasteiger partial charge in [-0.2, -0.15) is 9.99 Å². The van der Waals surface area contributed by atoms with E-state index in [9.17, 15) is 20.1 Å². The monoisotopic (exact) mass is 399 g/mol. The number of nitriles is 1. The van der Waals surface area contributed by atoms with Crippen LogP contribution in [0.4, 0.5) is 11.4 Å². The van der Waals surface area contributed by atoms with Crippen LogP contribution in [0.15, 0.2) is 66.7 Å². The van der Waals surface area contributed by atoms with Crippen molar-refractivity contribution in [3.8, 4) is 17.5 Å². The van der Waals surface area contributed by atoms with Crippen molar-refractivity contribution < 1.29 is 14.9 Å². The lowest BCUT2D eigenvalue weighted by Gasteiger charge is -2.07. The van der Waals surface area contributed by atoms with Crippen LogP contribution in [-0.4, -0.2) is 25.8 Å². The molecule has 0 radical (unpaired) electrons. The van der Waals surface area contributed by atoms with Crippen LogP contribution in [0.1, 0.15) is 15.9 Å². The van der Waals surface area contributed by atoms with Crippen molar-refractivity contribution in [2.75, 3.05) is 5.32 Å². The fraction of sp³-hybridized carbons (Fsp3) is 0. The molecular formula is C21H13N5O4. The van der Waals surface area contributed by atoms with Gasteiger partial charge in [0.15, 0.2) is 5.82 Å². The van der Waals surface area contributed by atoms with Crippen LogP contribution in [0.25, 0.3) is 22.4 Å². The lowest BCUT2D eigenvalue weighted by Crippen LogP contribution is -2.11. The van der Waals surface area contributed by atoms with Crippen molar-refractivity contribution >= 4 is 28.3 Å². The molecule has 3 aromatic carbocycles. The van der Waals surface area contributed by atoms with E-state index in [0.717, 1.165) is 4.73 Å². The summed E-state index contributed by atoms with van der Waals surface area (Å²) in [5.74, 6) is -0.147. The molecule has 0 saturated heterocycles. The van der Waals surface area contributed by atoms with Gasteiger partial charge in [0.1, 0.15) is 5.52 Å². The molecule has 30 heavy (non-hydrogen) atoms. The molecule has 146 valence electrons. The lowest BCUT2D eigenvalue weighted by molar-refractivity contribution is -0.384. The number of imidazole rings is 1. The van der Waals surface area contributed by atoms with Gasteiger partial charge in [0.2, 0.25) is 0 Å². The largest absolute Gasteiger partial charge is 0.426 e. The molecule has 1 heterocycles. The van der Waals surface area contributed by atoms with Crippen molar-refractivity contribution in [1.29, 1.82) is 5.26 Å². The highest BCUT2D eigenvalue weighted by Gasteiger charge is 2.16. The SMILES string of the molecule is N#Cc1cccc(C(=O)Nc2ccc(-c3nc4ccc([N+](=O)[O-])cc4n3O)cc2)c1. The van der Waals surface area contributed by atoms with Crippen molar-refractivity contribution in [2.45, 2.75) is 0 Å². The first kappa shape index (κ1) is 18.6. The normalized spacial score (nSPS) is 10.5. The molecule has 1 amide bonds. The summed E-state index contributed by atoms with van der Waals surface area (Å²) in [6.45, 7) is 0. The molecule has 0 aliphatic carbocycles. The molecule has 0 bridgehead atoms. The number of nitrogens with one attached hydrogen (secondary N) is 1. The molecule has 0 aliphatic rings. The first-order valence-corrected chi connectivity index (χ1v) is 8.74. The zero-order chi connectivity index (χ0) is 21.3. The number of nitro benzene ring substituents is 1. The Morgan fingerprint density at radius 3 is 2.60 bits per heavy atom. The van der Waals surface area contributed by atoms with Gasteiger partial charge in [0, 0.05) is 28.9 Å². The van der Waals surface area contributed by atoms with Gasteiger partial charge in [0.25, 0.3) is 11.6 Å². The van der Waals surface area contributed by atoms with E-state index >= 15 is 0 Å². The number of fused-ring (bicyclic) bond motifs is 1. The van der Waals surface area contributed by atoms with Gasteiger partial charge in [-0.3, -0.25) is 14.9 Å². The average molecular weight is 399 g/mol. The first-order valence-electron chi connectivity index (χ1n) is 8.74. The highest BCUT2D eigenvalue weighted by Crippen LogP contribution is 2.27. The van der Waals surface area contributed by atoms with Gasteiger partial charge in [-0.05, 0) is 48.5 Å². The zero-order valence-electron chi connectivity index (χ0n) is 15.3. The number of non-ortho nitro benzene ring substituents is 1. The molecular weight excluding hydrogens is 386 g/mol. The Labute approximate surface area is 169 Å².